The van der Waals surface area contributed by atoms with Gasteiger partial charge in [-0.25, -0.2) is 0 Å². The summed E-state index contributed by atoms with van der Waals surface area (Å²) in [5.74, 6) is 0.0510. The molecule has 0 radical (unpaired) electrons. The molecule has 0 aromatic heterocycles. The highest BCUT2D eigenvalue weighted by atomic mass is 16.5. The lowest BCUT2D eigenvalue weighted by Crippen LogP contribution is -2.20. The van der Waals surface area contributed by atoms with Crippen LogP contribution in [0.15, 0.2) is 48.5 Å². The van der Waals surface area contributed by atoms with Crippen LogP contribution in [-0.4, -0.2) is 25.6 Å². The molecule has 0 aliphatic carbocycles. The summed E-state index contributed by atoms with van der Waals surface area (Å²) in [5.41, 5.74) is 2.79. The lowest BCUT2D eigenvalue weighted by molar-refractivity contribution is -0.139. The van der Waals surface area contributed by atoms with Crippen molar-refractivity contribution in [2.24, 2.45) is 0 Å². The molecule has 24 heavy (non-hydrogen) atoms. The average Bonchev–Trinajstić information content (AvgIpc) is 2.61. The Morgan fingerprint density at radius 3 is 2.17 bits per heavy atom. The van der Waals surface area contributed by atoms with Gasteiger partial charge in [-0.15, -0.1) is 0 Å². The fraction of sp³-hybridized carbons (Fsp3) is 0.263. The maximum absolute atomic E-state index is 11.9. The lowest BCUT2D eigenvalue weighted by Gasteiger charge is -2.08. The van der Waals surface area contributed by atoms with Crippen LogP contribution in [0.5, 0.6) is 5.75 Å². The van der Waals surface area contributed by atoms with Crippen molar-refractivity contribution in [3.8, 4) is 5.75 Å². The van der Waals surface area contributed by atoms with Crippen LogP contribution in [0.1, 0.15) is 18.1 Å². The van der Waals surface area contributed by atoms with E-state index in [9.17, 15) is 9.59 Å². The van der Waals surface area contributed by atoms with E-state index in [4.69, 9.17) is 4.74 Å². The van der Waals surface area contributed by atoms with Crippen molar-refractivity contribution in [3.05, 3.63) is 59.7 Å². The topological polar surface area (TPSA) is 64.6 Å². The Hall–Kier alpha value is -2.82. The van der Waals surface area contributed by atoms with E-state index in [1.807, 2.05) is 24.3 Å². The first-order chi connectivity index (χ1) is 11.6. The van der Waals surface area contributed by atoms with Crippen molar-refractivity contribution in [1.82, 2.24) is 0 Å². The molecule has 1 amide bonds. The Morgan fingerprint density at radius 1 is 0.958 bits per heavy atom. The zero-order valence-electron chi connectivity index (χ0n) is 13.9. The van der Waals surface area contributed by atoms with Gasteiger partial charge in [0, 0.05) is 5.69 Å². The van der Waals surface area contributed by atoms with Crippen LogP contribution in [0.2, 0.25) is 0 Å². The van der Waals surface area contributed by atoms with Crippen LogP contribution in [0.25, 0.3) is 0 Å². The van der Waals surface area contributed by atoms with Gasteiger partial charge in [-0.1, -0.05) is 31.2 Å². The second-order valence-corrected chi connectivity index (χ2v) is 5.28. The third-order valence-electron chi connectivity index (χ3n) is 3.52. The number of carbonyl (C=O) groups excluding carboxylic acids is 2. The van der Waals surface area contributed by atoms with Gasteiger partial charge in [-0.3, -0.25) is 9.59 Å². The summed E-state index contributed by atoms with van der Waals surface area (Å²) in [6.45, 7) is 2.00. The van der Waals surface area contributed by atoms with Crippen molar-refractivity contribution in [1.29, 1.82) is 0 Å². The van der Waals surface area contributed by atoms with Gasteiger partial charge in [0.15, 0.2) is 6.61 Å². The predicted octanol–water partition coefficient (Wildman–Crippen LogP) is 2.98. The fourth-order valence-corrected chi connectivity index (χ4v) is 2.11. The summed E-state index contributed by atoms with van der Waals surface area (Å²) >= 11 is 0. The smallest absolute Gasteiger partial charge is 0.309 e. The standard InChI is InChI=1S/C19H21NO4/c1-3-14-4-8-16(9-5-14)20-18(21)13-24-17-10-6-15(7-11-17)12-19(22)23-2/h4-11H,3,12-13H2,1-2H3,(H,20,21). The van der Waals surface area contributed by atoms with Crippen molar-refractivity contribution < 1.29 is 19.1 Å². The number of carbonyl (C=O) groups is 2. The van der Waals surface area contributed by atoms with Crippen molar-refractivity contribution in [2.45, 2.75) is 19.8 Å². The van der Waals surface area contributed by atoms with E-state index < -0.39 is 0 Å². The summed E-state index contributed by atoms with van der Waals surface area (Å²) in [5, 5.41) is 2.78. The van der Waals surface area contributed by atoms with Crippen LogP contribution in [0.4, 0.5) is 5.69 Å². The number of hydrogen-bond acceptors (Lipinski definition) is 4. The number of methoxy groups -OCH3 is 1. The molecule has 5 heteroatoms. The fourth-order valence-electron chi connectivity index (χ4n) is 2.11. The minimum atomic E-state index is -0.294. The minimum Gasteiger partial charge on any atom is -0.484 e. The van der Waals surface area contributed by atoms with Gasteiger partial charge in [-0.05, 0) is 41.8 Å². The van der Waals surface area contributed by atoms with Crippen molar-refractivity contribution in [3.63, 3.8) is 0 Å². The summed E-state index contributed by atoms with van der Waals surface area (Å²) in [6, 6.07) is 14.7. The van der Waals surface area contributed by atoms with Gasteiger partial charge in [0.25, 0.3) is 5.91 Å². The first-order valence-corrected chi connectivity index (χ1v) is 7.78. The van der Waals surface area contributed by atoms with Crippen LogP contribution in [-0.2, 0) is 27.2 Å². The maximum atomic E-state index is 11.9. The zero-order valence-corrected chi connectivity index (χ0v) is 13.9. The lowest BCUT2D eigenvalue weighted by atomic mass is 10.1. The zero-order chi connectivity index (χ0) is 17.4. The van der Waals surface area contributed by atoms with Gasteiger partial charge in [0.1, 0.15) is 5.75 Å². The number of anilines is 1. The monoisotopic (exact) mass is 327 g/mol. The molecule has 0 unspecified atom stereocenters. The molecule has 5 nitrogen and oxygen atoms in total. The Labute approximate surface area is 141 Å². The Bertz CT molecular complexity index is 678. The molecule has 126 valence electrons. The summed E-state index contributed by atoms with van der Waals surface area (Å²) < 4.78 is 10.1. The molecule has 2 aromatic rings. The first-order valence-electron chi connectivity index (χ1n) is 7.78. The third-order valence-corrected chi connectivity index (χ3v) is 3.52. The van der Waals surface area contributed by atoms with Gasteiger partial charge < -0.3 is 14.8 Å². The van der Waals surface area contributed by atoms with Gasteiger partial charge >= 0.3 is 5.97 Å². The van der Waals surface area contributed by atoms with Gasteiger partial charge in [0.2, 0.25) is 0 Å². The molecular weight excluding hydrogens is 306 g/mol. The molecule has 0 aliphatic rings. The van der Waals surface area contributed by atoms with E-state index in [1.54, 1.807) is 24.3 Å². The highest BCUT2D eigenvalue weighted by Gasteiger charge is 2.06. The molecule has 0 saturated heterocycles. The normalized spacial score (nSPS) is 10.1. The van der Waals surface area contributed by atoms with E-state index in [0.29, 0.717) is 5.75 Å². The van der Waals surface area contributed by atoms with Crippen LogP contribution in [0, 0.1) is 0 Å². The first kappa shape index (κ1) is 17.5. The van der Waals surface area contributed by atoms with Crippen LogP contribution < -0.4 is 10.1 Å². The molecule has 2 rings (SSSR count). The SMILES string of the molecule is CCc1ccc(NC(=O)COc2ccc(CC(=O)OC)cc2)cc1. The summed E-state index contributed by atoms with van der Waals surface area (Å²) in [6.07, 6.45) is 1.17. The number of benzene rings is 2. The van der Waals surface area contributed by atoms with E-state index in [2.05, 4.69) is 17.0 Å². The molecule has 0 spiro atoms. The molecule has 2 aromatic carbocycles. The molecule has 0 saturated carbocycles. The number of aryl methyl sites for hydroxylation is 1. The molecule has 0 fully saturated rings. The van der Waals surface area contributed by atoms with Gasteiger partial charge in [0.05, 0.1) is 13.5 Å². The number of nitrogens with one attached hydrogen (secondary N) is 1. The molecular formula is C19H21NO4. The third kappa shape index (κ3) is 5.43. The van der Waals surface area contributed by atoms with E-state index in [-0.39, 0.29) is 24.9 Å². The molecule has 0 aliphatic heterocycles. The van der Waals surface area contributed by atoms with E-state index in [1.165, 1.54) is 12.7 Å². The van der Waals surface area contributed by atoms with Crippen molar-refractivity contribution in [2.75, 3.05) is 19.0 Å². The average molecular weight is 327 g/mol. The quantitative estimate of drug-likeness (QED) is 0.794. The Kier molecular flexibility index (Phi) is 6.37. The summed E-state index contributed by atoms with van der Waals surface area (Å²) in [7, 11) is 1.36. The number of rotatable bonds is 7. The van der Waals surface area contributed by atoms with Crippen LogP contribution in [0.3, 0.4) is 0 Å². The Morgan fingerprint density at radius 2 is 1.58 bits per heavy atom. The molecule has 0 bridgehead atoms. The van der Waals surface area contributed by atoms with E-state index in [0.717, 1.165) is 17.7 Å². The number of ether oxygens (including phenoxy) is 2. The van der Waals surface area contributed by atoms with Crippen molar-refractivity contribution >= 4 is 17.6 Å². The predicted molar refractivity (Wildman–Crippen MR) is 92.1 cm³/mol. The molecule has 0 atom stereocenters. The largest absolute Gasteiger partial charge is 0.484 e. The maximum Gasteiger partial charge on any atom is 0.309 e. The second kappa shape index (κ2) is 8.72. The number of esters is 1. The minimum absolute atomic E-state index is 0.0775. The molecule has 1 N–H and O–H groups in total. The highest BCUT2D eigenvalue weighted by molar-refractivity contribution is 5.91. The van der Waals surface area contributed by atoms with Gasteiger partial charge in [-0.2, -0.15) is 0 Å². The van der Waals surface area contributed by atoms with Crippen LogP contribution >= 0.6 is 0 Å². The highest BCUT2D eigenvalue weighted by Crippen LogP contribution is 2.14. The number of amides is 1. The van der Waals surface area contributed by atoms with E-state index >= 15 is 0 Å². The summed E-state index contributed by atoms with van der Waals surface area (Å²) in [4.78, 5) is 23.1. The second-order valence-electron chi connectivity index (χ2n) is 5.28. The Balaban J connectivity index is 1.81. The number of hydrogen-bond donors (Lipinski definition) is 1. The molecule has 0 heterocycles.